The summed E-state index contributed by atoms with van der Waals surface area (Å²) in [6, 6.07) is -0.969. The molecule has 0 aromatic heterocycles. The van der Waals surface area contributed by atoms with Crippen molar-refractivity contribution < 1.29 is 89.4 Å². The molecule has 19 heteroatoms. The normalized spacial score (nSPS) is 26.7. The maximum absolute atomic E-state index is 13.4. The van der Waals surface area contributed by atoms with Gasteiger partial charge in [0.15, 0.2) is 18.9 Å². The predicted octanol–water partition coefficient (Wildman–Crippen LogP) is 13.6. The first-order chi connectivity index (χ1) is 47.8. The van der Waals surface area contributed by atoms with Crippen LogP contribution in [-0.2, 0) is 33.2 Å². The third-order valence-corrected chi connectivity index (χ3v) is 20.8. The van der Waals surface area contributed by atoms with Crippen LogP contribution in [0.3, 0.4) is 0 Å². The summed E-state index contributed by atoms with van der Waals surface area (Å²) in [4.78, 5) is 13.4. The lowest BCUT2D eigenvalue weighted by Gasteiger charge is -2.48. The van der Waals surface area contributed by atoms with E-state index in [4.69, 9.17) is 28.4 Å². The van der Waals surface area contributed by atoms with Crippen LogP contribution in [0.5, 0.6) is 0 Å². The Labute approximate surface area is 595 Å². The lowest BCUT2D eigenvalue weighted by Crippen LogP contribution is -2.66. The number of hydrogen-bond acceptors (Lipinski definition) is 18. The van der Waals surface area contributed by atoms with E-state index < -0.39 is 124 Å². The van der Waals surface area contributed by atoms with Gasteiger partial charge in [-0.3, -0.25) is 4.79 Å². The Morgan fingerprint density at radius 3 is 0.959 bits per heavy atom. The third-order valence-electron chi connectivity index (χ3n) is 20.8. The Morgan fingerprint density at radius 2 is 0.633 bits per heavy atom. The first kappa shape index (κ1) is 90.7. The molecule has 3 saturated heterocycles. The summed E-state index contributed by atoms with van der Waals surface area (Å²) in [5, 5.41) is 121. The average Bonchev–Trinajstić information content (AvgIpc) is 0.785. The molecule has 0 bridgehead atoms. The van der Waals surface area contributed by atoms with Gasteiger partial charge in [-0.25, -0.2) is 0 Å². The zero-order chi connectivity index (χ0) is 71.1. The van der Waals surface area contributed by atoms with Crippen LogP contribution in [-0.4, -0.2) is 193 Å². The SMILES string of the molecule is CCCCCCCCCCCCCCC/C=C/C(O)C(COC1OC(CO)C(OC2OC(CO)C(OC3OC(CO)C(O)C(O)C3O)C(O)C2O)C(O)C1O)NC(=O)CCCCCCCCCCCCCCCCCCCCCCCCCCCCCCCCCCCCCCCC. The summed E-state index contributed by atoms with van der Waals surface area (Å²) >= 11 is 0. The standard InChI is InChI=1S/C79H151NO18/c1-3-5-7-9-11-13-15-17-19-20-21-22-23-24-25-26-27-28-29-30-31-32-33-34-35-36-37-38-39-40-41-43-45-47-49-51-53-55-57-67(85)80-62(63(84)56-54-52-50-48-46-44-42-18-16-14-12-10-8-6-4-2)61-93-77-73(91)70(88)75(65(59-82)95-77)98-79-74(92)71(89)76(66(60-83)96-79)97-78-72(90)69(87)68(86)64(58-81)94-78/h54,56,62-66,68-79,81-84,86-92H,3-53,55,57-61H2,1-2H3,(H,80,85)/b56-54+. The molecule has 3 rings (SSSR count). The van der Waals surface area contributed by atoms with Crippen LogP contribution >= 0.6 is 0 Å². The van der Waals surface area contributed by atoms with E-state index in [1.807, 2.05) is 6.08 Å². The average molecular weight is 1400 g/mol. The molecule has 3 fully saturated rings. The minimum absolute atomic E-state index is 0.250. The highest BCUT2D eigenvalue weighted by molar-refractivity contribution is 5.76. The number of carbonyl (C=O) groups is 1. The van der Waals surface area contributed by atoms with Crippen molar-refractivity contribution >= 4 is 5.91 Å². The smallest absolute Gasteiger partial charge is 0.220 e. The maximum Gasteiger partial charge on any atom is 0.220 e. The summed E-state index contributed by atoms with van der Waals surface area (Å²) in [6.07, 6.45) is 45.2. The molecule has 0 aromatic rings. The molecule has 0 radical (unpaired) electrons. The number of hydrogen-bond donors (Lipinski definition) is 12. The number of carbonyl (C=O) groups excluding carboxylic acids is 1. The molecule has 1 amide bonds. The lowest BCUT2D eigenvalue weighted by atomic mass is 9.96. The van der Waals surface area contributed by atoms with Crippen molar-refractivity contribution in [3.05, 3.63) is 12.2 Å². The third kappa shape index (κ3) is 40.7. The van der Waals surface area contributed by atoms with Crippen molar-refractivity contribution in [2.45, 2.75) is 458 Å². The van der Waals surface area contributed by atoms with Crippen LogP contribution in [0.2, 0.25) is 0 Å². The summed E-state index contributed by atoms with van der Waals surface area (Å²) in [7, 11) is 0. The molecule has 0 saturated carbocycles. The monoisotopic (exact) mass is 1400 g/mol. The fourth-order valence-corrected chi connectivity index (χ4v) is 14.3. The second-order valence-corrected chi connectivity index (χ2v) is 29.6. The van der Waals surface area contributed by atoms with Gasteiger partial charge < -0.3 is 89.9 Å². The van der Waals surface area contributed by atoms with Gasteiger partial charge in [-0.15, -0.1) is 0 Å². The van der Waals surface area contributed by atoms with E-state index in [1.54, 1.807) is 6.08 Å². The van der Waals surface area contributed by atoms with E-state index in [9.17, 15) is 61.0 Å². The van der Waals surface area contributed by atoms with E-state index in [2.05, 4.69) is 19.2 Å². The number of unbranched alkanes of at least 4 members (excludes halogenated alkanes) is 50. The van der Waals surface area contributed by atoms with E-state index in [0.29, 0.717) is 6.42 Å². The molecule has 17 unspecified atom stereocenters. The van der Waals surface area contributed by atoms with E-state index >= 15 is 0 Å². The van der Waals surface area contributed by atoms with Crippen LogP contribution in [0.15, 0.2) is 12.2 Å². The molecule has 580 valence electrons. The highest BCUT2D eigenvalue weighted by Crippen LogP contribution is 2.33. The maximum atomic E-state index is 13.4. The van der Waals surface area contributed by atoms with Gasteiger partial charge in [0.25, 0.3) is 0 Å². The molecule has 0 aromatic carbocycles. The number of allylic oxidation sites excluding steroid dienone is 1. The predicted molar refractivity (Wildman–Crippen MR) is 388 cm³/mol. The van der Waals surface area contributed by atoms with Crippen LogP contribution in [0.4, 0.5) is 0 Å². The van der Waals surface area contributed by atoms with Crippen molar-refractivity contribution in [3.63, 3.8) is 0 Å². The Kier molecular flexibility index (Phi) is 56.3. The van der Waals surface area contributed by atoms with Crippen LogP contribution in [0, 0.1) is 0 Å². The first-order valence-corrected chi connectivity index (χ1v) is 40.9. The molecule has 12 N–H and O–H groups in total. The van der Waals surface area contributed by atoms with Crippen LogP contribution in [0.25, 0.3) is 0 Å². The van der Waals surface area contributed by atoms with Gasteiger partial charge in [-0.1, -0.05) is 341 Å². The number of ether oxygens (including phenoxy) is 6. The fourth-order valence-electron chi connectivity index (χ4n) is 14.3. The summed E-state index contributed by atoms with van der Waals surface area (Å²) < 4.78 is 34.4. The molecular weight excluding hydrogens is 1250 g/mol. The topological polar surface area (TPSA) is 307 Å². The summed E-state index contributed by atoms with van der Waals surface area (Å²) in [5.41, 5.74) is 0. The molecule has 19 nitrogen and oxygen atoms in total. The van der Waals surface area contributed by atoms with E-state index in [1.165, 1.54) is 283 Å². The van der Waals surface area contributed by atoms with E-state index in [-0.39, 0.29) is 18.9 Å². The van der Waals surface area contributed by atoms with Crippen LogP contribution < -0.4 is 5.32 Å². The van der Waals surface area contributed by atoms with Crippen molar-refractivity contribution in [1.29, 1.82) is 0 Å². The number of nitrogens with one attached hydrogen (secondary N) is 1. The van der Waals surface area contributed by atoms with Gasteiger partial charge in [0.1, 0.15) is 73.2 Å². The molecule has 3 heterocycles. The minimum Gasteiger partial charge on any atom is -0.394 e. The van der Waals surface area contributed by atoms with Crippen molar-refractivity contribution in [2.75, 3.05) is 26.4 Å². The number of amides is 1. The van der Waals surface area contributed by atoms with Gasteiger partial charge in [0.2, 0.25) is 5.91 Å². The second kappa shape index (κ2) is 60.8. The summed E-state index contributed by atoms with van der Waals surface area (Å²) in [6.45, 7) is 1.78. The quantitative estimate of drug-likeness (QED) is 0.0199. The van der Waals surface area contributed by atoms with Gasteiger partial charge in [-0.05, 0) is 19.3 Å². The van der Waals surface area contributed by atoms with Crippen molar-refractivity contribution in [1.82, 2.24) is 5.32 Å². The second-order valence-electron chi connectivity index (χ2n) is 29.6. The zero-order valence-electron chi connectivity index (χ0n) is 62.1. The Hall–Kier alpha value is -1.47. The molecule has 0 aliphatic carbocycles. The Bertz CT molecular complexity index is 1820. The first-order valence-electron chi connectivity index (χ1n) is 40.9. The van der Waals surface area contributed by atoms with Crippen molar-refractivity contribution in [2.24, 2.45) is 0 Å². The number of rotatable bonds is 66. The van der Waals surface area contributed by atoms with Crippen LogP contribution in [0.1, 0.15) is 354 Å². The lowest BCUT2D eigenvalue weighted by molar-refractivity contribution is -0.379. The van der Waals surface area contributed by atoms with Gasteiger partial charge in [-0.2, -0.15) is 0 Å². The Balaban J connectivity index is 1.29. The molecule has 98 heavy (non-hydrogen) atoms. The fraction of sp³-hybridized carbons (Fsp3) is 0.962. The number of aliphatic hydroxyl groups excluding tert-OH is 11. The highest BCUT2D eigenvalue weighted by Gasteiger charge is 2.54. The van der Waals surface area contributed by atoms with Gasteiger partial charge in [0, 0.05) is 6.42 Å². The van der Waals surface area contributed by atoms with Crippen molar-refractivity contribution in [3.8, 4) is 0 Å². The Morgan fingerprint density at radius 1 is 0.357 bits per heavy atom. The minimum atomic E-state index is -1.98. The molecule has 3 aliphatic rings. The number of aliphatic hydroxyl groups is 11. The largest absolute Gasteiger partial charge is 0.394 e. The zero-order valence-corrected chi connectivity index (χ0v) is 62.1. The van der Waals surface area contributed by atoms with Gasteiger partial charge in [0.05, 0.1) is 38.6 Å². The molecule has 3 aliphatic heterocycles. The molecule has 17 atom stereocenters. The van der Waals surface area contributed by atoms with E-state index in [0.717, 1.165) is 44.9 Å². The highest BCUT2D eigenvalue weighted by atomic mass is 16.8. The molecular formula is C79H151NO18. The van der Waals surface area contributed by atoms with Gasteiger partial charge >= 0.3 is 0 Å². The molecule has 0 spiro atoms. The summed E-state index contributed by atoms with van der Waals surface area (Å²) in [5.74, 6) is -0.268.